The summed E-state index contributed by atoms with van der Waals surface area (Å²) in [6.07, 6.45) is 0. The maximum absolute atomic E-state index is 13.8. The first kappa shape index (κ1) is 29.6. The summed E-state index contributed by atoms with van der Waals surface area (Å²) in [7, 11) is 3.46. The van der Waals surface area contributed by atoms with Gasteiger partial charge in [0.25, 0.3) is 11.8 Å². The Morgan fingerprint density at radius 1 is 0.442 bits per heavy atom. The largest absolute Gasteiger partial charge is 0.276 e. The minimum absolute atomic E-state index is 0.00818. The van der Waals surface area contributed by atoms with Crippen LogP contribution >= 0.6 is 0 Å². The summed E-state index contributed by atoms with van der Waals surface area (Å²) in [6, 6.07) is 41.9. The van der Waals surface area contributed by atoms with Crippen molar-refractivity contribution in [3.8, 4) is 11.1 Å². The van der Waals surface area contributed by atoms with Crippen molar-refractivity contribution >= 4 is 98.0 Å². The molecule has 4 nitrogen and oxygen atoms in total. The zero-order valence-electron chi connectivity index (χ0n) is 29.7. The predicted molar refractivity (Wildman–Crippen MR) is 217 cm³/mol. The van der Waals surface area contributed by atoms with E-state index in [0.717, 1.165) is 43.4 Å². The van der Waals surface area contributed by atoms with Crippen molar-refractivity contribution in [3.63, 3.8) is 0 Å². The number of amides is 2. The molecule has 0 atom stereocenters. The zero-order valence-corrected chi connectivity index (χ0v) is 29.7. The number of benzene rings is 10. The number of rotatable bonds is 2. The summed E-state index contributed by atoms with van der Waals surface area (Å²) >= 11 is 0. The molecule has 0 aliphatic carbocycles. The summed E-state index contributed by atoms with van der Waals surface area (Å²) < 4.78 is 0. The lowest BCUT2D eigenvalue weighted by molar-refractivity contribution is 0.0183. The van der Waals surface area contributed by atoms with E-state index in [0.29, 0.717) is 11.1 Å². The Bertz CT molecular complexity index is 3220. The van der Waals surface area contributed by atoms with Crippen LogP contribution in [0.1, 0.15) is 47.1 Å². The van der Waals surface area contributed by atoms with Crippen LogP contribution < -0.4 is 0 Å². The fourth-order valence-electron chi connectivity index (χ4n) is 9.62. The van der Waals surface area contributed by atoms with Crippen LogP contribution in [0.4, 0.5) is 0 Å². The molecule has 10 aromatic carbocycles. The van der Waals surface area contributed by atoms with Crippen LogP contribution in [0, 0.1) is 0 Å². The first-order valence-corrected chi connectivity index (χ1v) is 18.0. The van der Waals surface area contributed by atoms with Gasteiger partial charge >= 0.3 is 0 Å². The van der Waals surface area contributed by atoms with Crippen LogP contribution in [0.3, 0.4) is 0 Å². The van der Waals surface area contributed by atoms with Crippen molar-refractivity contribution in [2.45, 2.75) is 26.2 Å². The van der Waals surface area contributed by atoms with Gasteiger partial charge in [-0.15, -0.1) is 0 Å². The molecule has 1 aliphatic rings. The molecule has 10 aromatic rings. The summed E-state index contributed by atoms with van der Waals surface area (Å²) in [6.45, 7) is 6.89. The van der Waals surface area contributed by atoms with Crippen molar-refractivity contribution in [1.82, 2.24) is 10.0 Å². The smallest absolute Gasteiger partial charge is 0.267 e. The number of carbonyl (C=O) groups is 2. The van der Waals surface area contributed by atoms with Gasteiger partial charge in [0.1, 0.15) is 0 Å². The van der Waals surface area contributed by atoms with Crippen molar-refractivity contribution in [2.75, 3.05) is 14.1 Å². The quantitative estimate of drug-likeness (QED) is 0.104. The van der Waals surface area contributed by atoms with Crippen LogP contribution in [0.5, 0.6) is 0 Å². The number of hydrogen-bond donors (Lipinski definition) is 0. The molecule has 248 valence electrons. The standard InChI is InChI=1S/C48H34N2O2/c1-48(2,3)39-22-21-33-38-24-27(23-26-10-7-11-29(40(26)38)31-13-8-14-34(39)42(31)33)28-16-15-25-9-6-12-30-32-17-19-36-45-37(47(52)50(46(36)51)49(4)5)20-18-35(44(32)45)43(28)41(25)30/h6-24H,1-5H3. The Hall–Kier alpha value is -6.10. The molecule has 0 N–H and O–H groups in total. The molecule has 2 amide bonds. The number of carbonyl (C=O) groups excluding carboxylic acids is 2. The molecule has 0 fully saturated rings. The maximum Gasteiger partial charge on any atom is 0.276 e. The highest BCUT2D eigenvalue weighted by atomic mass is 16.2. The molecule has 0 bridgehead atoms. The number of nitrogens with zero attached hydrogens (tertiary/aromatic N) is 2. The van der Waals surface area contributed by atoms with Gasteiger partial charge in [-0.3, -0.25) is 9.59 Å². The first-order chi connectivity index (χ1) is 25.1. The van der Waals surface area contributed by atoms with Gasteiger partial charge < -0.3 is 0 Å². The van der Waals surface area contributed by atoms with E-state index >= 15 is 0 Å². The Balaban J connectivity index is 1.30. The molecule has 0 saturated carbocycles. The van der Waals surface area contributed by atoms with Crippen molar-refractivity contribution < 1.29 is 9.59 Å². The van der Waals surface area contributed by atoms with Gasteiger partial charge in [-0.2, -0.15) is 0 Å². The van der Waals surface area contributed by atoms with Crippen LogP contribution in [0.15, 0.2) is 115 Å². The maximum atomic E-state index is 13.8. The van der Waals surface area contributed by atoms with Gasteiger partial charge in [-0.1, -0.05) is 112 Å². The topological polar surface area (TPSA) is 40.6 Å². The molecular weight excluding hydrogens is 637 g/mol. The third-order valence-electron chi connectivity index (χ3n) is 11.7. The highest BCUT2D eigenvalue weighted by Crippen LogP contribution is 2.49. The second kappa shape index (κ2) is 9.81. The summed E-state index contributed by atoms with van der Waals surface area (Å²) in [5.41, 5.74) is 4.76. The van der Waals surface area contributed by atoms with Gasteiger partial charge in [0.05, 0.1) is 11.1 Å². The highest BCUT2D eigenvalue weighted by molar-refractivity contribution is 6.40. The number of hydrazine groups is 1. The normalized spacial score (nSPS) is 14.1. The SMILES string of the molecule is CN(C)N1C(=O)c2ccc3c4cccc5ccc(-c6cc7cccc8c9cccc%10c(C(C)(C)C)ccc(c(c6)c78)c%109)c(c6ccc(c2c36)C1=O)c54. The fraction of sp³-hybridized carbons (Fsp3) is 0.125. The lowest BCUT2D eigenvalue weighted by atomic mass is 9.80. The summed E-state index contributed by atoms with van der Waals surface area (Å²) in [5.74, 6) is -0.589. The van der Waals surface area contributed by atoms with Gasteiger partial charge in [0.15, 0.2) is 0 Å². The third-order valence-corrected chi connectivity index (χ3v) is 11.7. The minimum atomic E-state index is -0.294. The highest BCUT2D eigenvalue weighted by Gasteiger charge is 2.36. The second-order valence-electron chi connectivity index (χ2n) is 15.8. The number of fused-ring (bicyclic) bond motifs is 4. The van der Waals surface area contributed by atoms with Crippen LogP contribution in [0.25, 0.3) is 97.3 Å². The number of hydrogen-bond acceptors (Lipinski definition) is 3. The van der Waals surface area contributed by atoms with E-state index in [-0.39, 0.29) is 17.2 Å². The predicted octanol–water partition coefficient (Wildman–Crippen LogP) is 11.8. The Labute approximate surface area is 300 Å². The van der Waals surface area contributed by atoms with E-state index in [1.807, 2.05) is 12.1 Å². The van der Waals surface area contributed by atoms with E-state index in [9.17, 15) is 9.59 Å². The fourth-order valence-corrected chi connectivity index (χ4v) is 9.62. The Morgan fingerprint density at radius 3 is 1.71 bits per heavy atom. The average molecular weight is 671 g/mol. The minimum Gasteiger partial charge on any atom is -0.267 e. The van der Waals surface area contributed by atoms with Gasteiger partial charge in [0, 0.05) is 19.5 Å². The van der Waals surface area contributed by atoms with Gasteiger partial charge in [-0.05, 0) is 127 Å². The lowest BCUT2D eigenvalue weighted by Crippen LogP contribution is -2.48. The Kier molecular flexibility index (Phi) is 5.59. The van der Waals surface area contributed by atoms with Crippen LogP contribution in [-0.4, -0.2) is 35.9 Å². The Morgan fingerprint density at radius 2 is 1.00 bits per heavy atom. The average Bonchev–Trinajstić information content (AvgIpc) is 3.13. The molecule has 0 saturated heterocycles. The van der Waals surface area contributed by atoms with Crippen molar-refractivity contribution in [2.24, 2.45) is 0 Å². The van der Waals surface area contributed by atoms with Crippen LogP contribution in [0.2, 0.25) is 0 Å². The monoisotopic (exact) mass is 670 g/mol. The third kappa shape index (κ3) is 3.60. The lowest BCUT2D eigenvalue weighted by Gasteiger charge is -2.32. The molecule has 0 spiro atoms. The molecule has 1 aliphatic heterocycles. The van der Waals surface area contributed by atoms with E-state index < -0.39 is 0 Å². The van der Waals surface area contributed by atoms with E-state index in [2.05, 4.69) is 124 Å². The molecule has 11 rings (SSSR count). The van der Waals surface area contributed by atoms with E-state index in [1.165, 1.54) is 64.4 Å². The second-order valence-corrected chi connectivity index (χ2v) is 15.8. The molecule has 1 heterocycles. The van der Waals surface area contributed by atoms with E-state index in [4.69, 9.17) is 0 Å². The van der Waals surface area contributed by atoms with E-state index in [1.54, 1.807) is 19.1 Å². The number of imide groups is 1. The molecular formula is C48H34N2O2. The summed E-state index contributed by atoms with van der Waals surface area (Å²) in [4.78, 5) is 27.7. The van der Waals surface area contributed by atoms with Gasteiger partial charge in [0.2, 0.25) is 0 Å². The van der Waals surface area contributed by atoms with Crippen molar-refractivity contribution in [1.29, 1.82) is 0 Å². The molecule has 52 heavy (non-hydrogen) atoms. The van der Waals surface area contributed by atoms with Gasteiger partial charge in [-0.25, -0.2) is 10.0 Å². The van der Waals surface area contributed by atoms with Crippen LogP contribution in [-0.2, 0) is 5.41 Å². The first-order valence-electron chi connectivity index (χ1n) is 18.0. The molecule has 0 radical (unpaired) electrons. The molecule has 0 aromatic heterocycles. The summed E-state index contributed by atoms with van der Waals surface area (Å²) in [5, 5.41) is 21.5. The molecule has 0 unspecified atom stereocenters. The van der Waals surface area contributed by atoms with Crippen molar-refractivity contribution in [3.05, 3.63) is 132 Å². The molecule has 4 heteroatoms. The zero-order chi connectivity index (χ0) is 35.4.